The van der Waals surface area contributed by atoms with Crippen molar-refractivity contribution < 1.29 is 4.74 Å². The first-order chi connectivity index (χ1) is 6.88. The average Bonchev–Trinajstić information content (AvgIpc) is 2.65. The maximum atomic E-state index is 4.94. The Bertz CT molecular complexity index is 247. The van der Waals surface area contributed by atoms with Crippen LogP contribution in [0.3, 0.4) is 0 Å². The Morgan fingerprint density at radius 3 is 3.07 bits per heavy atom. The van der Waals surface area contributed by atoms with Crippen molar-refractivity contribution >= 4 is 0 Å². The molecule has 0 saturated heterocycles. The summed E-state index contributed by atoms with van der Waals surface area (Å²) in [4.78, 5) is 4.26. The van der Waals surface area contributed by atoms with Gasteiger partial charge in [-0.1, -0.05) is 6.92 Å². The van der Waals surface area contributed by atoms with Gasteiger partial charge in [0.15, 0.2) is 0 Å². The van der Waals surface area contributed by atoms with E-state index in [4.69, 9.17) is 4.74 Å². The molecule has 1 aromatic rings. The fraction of sp³-hybridized carbons (Fsp3) is 0.700. The summed E-state index contributed by atoms with van der Waals surface area (Å²) in [5, 5.41) is 3.30. The third kappa shape index (κ3) is 3.47. The van der Waals surface area contributed by atoms with Gasteiger partial charge in [0.1, 0.15) is 5.82 Å². The van der Waals surface area contributed by atoms with E-state index in [-0.39, 0.29) is 0 Å². The zero-order chi connectivity index (χ0) is 10.2. The lowest BCUT2D eigenvalue weighted by atomic mass is 10.4. The lowest BCUT2D eigenvalue weighted by molar-refractivity contribution is 0.199. The number of aryl methyl sites for hydroxylation is 1. The van der Waals surface area contributed by atoms with Crippen molar-refractivity contribution in [2.45, 2.75) is 19.9 Å². The highest BCUT2D eigenvalue weighted by Crippen LogP contribution is 1.96. The van der Waals surface area contributed by atoms with Crippen LogP contribution >= 0.6 is 0 Å². The molecule has 1 rings (SSSR count). The number of imidazole rings is 1. The fourth-order valence-corrected chi connectivity index (χ4v) is 1.36. The predicted molar refractivity (Wildman–Crippen MR) is 56.4 cm³/mol. The minimum Gasteiger partial charge on any atom is -0.383 e. The normalized spacial score (nSPS) is 10.7. The van der Waals surface area contributed by atoms with Gasteiger partial charge in [-0.05, 0) is 0 Å². The smallest absolute Gasteiger partial charge is 0.108 e. The Balaban J connectivity index is 2.17. The van der Waals surface area contributed by atoms with Crippen LogP contribution in [0.2, 0.25) is 0 Å². The average molecular weight is 197 g/mol. The monoisotopic (exact) mass is 197 g/mol. The van der Waals surface area contributed by atoms with Gasteiger partial charge in [-0.2, -0.15) is 0 Å². The van der Waals surface area contributed by atoms with E-state index < -0.39 is 0 Å². The summed E-state index contributed by atoms with van der Waals surface area (Å²) in [6.07, 6.45) is 4.87. The van der Waals surface area contributed by atoms with Crippen LogP contribution in [-0.4, -0.2) is 36.4 Å². The van der Waals surface area contributed by atoms with Gasteiger partial charge in [-0.15, -0.1) is 0 Å². The van der Waals surface area contributed by atoms with Crippen LogP contribution < -0.4 is 5.32 Å². The van der Waals surface area contributed by atoms with Gasteiger partial charge in [0.2, 0.25) is 0 Å². The molecular weight excluding hydrogens is 178 g/mol. The van der Waals surface area contributed by atoms with Gasteiger partial charge in [-0.25, -0.2) is 4.98 Å². The Labute approximate surface area is 85.3 Å². The van der Waals surface area contributed by atoms with Crippen LogP contribution in [0.25, 0.3) is 0 Å². The molecule has 1 N–H and O–H groups in total. The van der Waals surface area contributed by atoms with Crippen molar-refractivity contribution in [3.63, 3.8) is 0 Å². The molecule has 0 radical (unpaired) electrons. The first-order valence-corrected chi connectivity index (χ1v) is 5.08. The Morgan fingerprint density at radius 2 is 2.36 bits per heavy atom. The van der Waals surface area contributed by atoms with Gasteiger partial charge < -0.3 is 14.6 Å². The summed E-state index contributed by atoms with van der Waals surface area (Å²) in [7, 11) is 1.72. The number of methoxy groups -OCH3 is 1. The van der Waals surface area contributed by atoms with Crippen molar-refractivity contribution in [3.8, 4) is 0 Å². The standard InChI is InChI=1S/C10H19N3O/c1-3-10-12-5-8-13(10)7-4-11-6-9-14-2/h5,8,11H,3-4,6-7,9H2,1-2H3. The SMILES string of the molecule is CCc1nccn1CCNCCOC. The van der Waals surface area contributed by atoms with E-state index in [0.29, 0.717) is 0 Å². The van der Waals surface area contributed by atoms with Crippen LogP contribution in [0, 0.1) is 0 Å². The number of hydrogen-bond donors (Lipinski definition) is 1. The number of hydrogen-bond acceptors (Lipinski definition) is 3. The van der Waals surface area contributed by atoms with E-state index in [1.54, 1.807) is 7.11 Å². The number of rotatable bonds is 7. The second-order valence-corrected chi connectivity index (χ2v) is 3.13. The van der Waals surface area contributed by atoms with E-state index in [1.807, 2.05) is 12.4 Å². The van der Waals surface area contributed by atoms with E-state index in [0.717, 1.165) is 38.5 Å². The molecule has 0 bridgehead atoms. The molecule has 80 valence electrons. The first-order valence-electron chi connectivity index (χ1n) is 5.08. The molecule has 4 nitrogen and oxygen atoms in total. The fourth-order valence-electron chi connectivity index (χ4n) is 1.36. The van der Waals surface area contributed by atoms with E-state index in [1.165, 1.54) is 0 Å². The first kappa shape index (κ1) is 11.2. The Hall–Kier alpha value is -0.870. The van der Waals surface area contributed by atoms with Crippen molar-refractivity contribution in [1.29, 1.82) is 0 Å². The lowest BCUT2D eigenvalue weighted by Crippen LogP contribution is -2.24. The minimum absolute atomic E-state index is 0.768. The molecule has 0 atom stereocenters. The van der Waals surface area contributed by atoms with Crippen molar-refractivity contribution in [3.05, 3.63) is 18.2 Å². The van der Waals surface area contributed by atoms with Gasteiger partial charge in [0, 0.05) is 45.6 Å². The number of nitrogens with one attached hydrogen (secondary N) is 1. The van der Waals surface area contributed by atoms with Gasteiger partial charge in [-0.3, -0.25) is 0 Å². The highest BCUT2D eigenvalue weighted by molar-refractivity contribution is 4.91. The summed E-state index contributed by atoms with van der Waals surface area (Å²) in [6.45, 7) is 5.74. The van der Waals surface area contributed by atoms with Gasteiger partial charge in [0.05, 0.1) is 6.61 Å². The van der Waals surface area contributed by atoms with Crippen molar-refractivity contribution in [1.82, 2.24) is 14.9 Å². The third-order valence-corrected chi connectivity index (χ3v) is 2.13. The molecule has 0 aliphatic heterocycles. The molecular formula is C10H19N3O. The topological polar surface area (TPSA) is 39.1 Å². The molecule has 14 heavy (non-hydrogen) atoms. The van der Waals surface area contributed by atoms with Crippen molar-refractivity contribution in [2.75, 3.05) is 26.8 Å². The Kier molecular flexibility index (Phi) is 5.25. The van der Waals surface area contributed by atoms with E-state index in [9.17, 15) is 0 Å². The highest BCUT2D eigenvalue weighted by Gasteiger charge is 1.98. The zero-order valence-corrected chi connectivity index (χ0v) is 8.99. The van der Waals surface area contributed by atoms with Crippen molar-refractivity contribution in [2.24, 2.45) is 0 Å². The molecule has 0 spiro atoms. The summed E-state index contributed by atoms with van der Waals surface area (Å²) in [5.41, 5.74) is 0. The molecule has 4 heteroatoms. The molecule has 1 heterocycles. The van der Waals surface area contributed by atoms with Gasteiger partial charge in [0.25, 0.3) is 0 Å². The summed E-state index contributed by atoms with van der Waals surface area (Å²) >= 11 is 0. The largest absolute Gasteiger partial charge is 0.383 e. The molecule has 0 fully saturated rings. The maximum absolute atomic E-state index is 4.94. The molecule has 1 aromatic heterocycles. The number of nitrogens with zero attached hydrogens (tertiary/aromatic N) is 2. The Morgan fingerprint density at radius 1 is 1.50 bits per heavy atom. The molecule has 0 aromatic carbocycles. The second-order valence-electron chi connectivity index (χ2n) is 3.13. The van der Waals surface area contributed by atoms with Crippen LogP contribution in [0.5, 0.6) is 0 Å². The molecule has 0 aliphatic carbocycles. The van der Waals surface area contributed by atoms with E-state index >= 15 is 0 Å². The zero-order valence-electron chi connectivity index (χ0n) is 8.99. The van der Waals surface area contributed by atoms with Gasteiger partial charge >= 0.3 is 0 Å². The van der Waals surface area contributed by atoms with E-state index in [2.05, 4.69) is 21.8 Å². The maximum Gasteiger partial charge on any atom is 0.108 e. The molecule has 0 aliphatic rings. The predicted octanol–water partition coefficient (Wildman–Crippen LogP) is 0.681. The third-order valence-electron chi connectivity index (χ3n) is 2.13. The molecule has 0 amide bonds. The van der Waals surface area contributed by atoms with Crippen LogP contribution in [0.1, 0.15) is 12.7 Å². The van der Waals surface area contributed by atoms with Crippen LogP contribution in [0.15, 0.2) is 12.4 Å². The quantitative estimate of drug-likeness (QED) is 0.653. The number of aromatic nitrogens is 2. The second kappa shape index (κ2) is 6.56. The number of ether oxygens (including phenoxy) is 1. The lowest BCUT2D eigenvalue weighted by Gasteiger charge is -2.07. The molecule has 0 saturated carbocycles. The summed E-state index contributed by atoms with van der Waals surface area (Å²) < 4.78 is 7.12. The van der Waals surface area contributed by atoms with Crippen LogP contribution in [-0.2, 0) is 17.7 Å². The molecule has 0 unspecified atom stereocenters. The van der Waals surface area contributed by atoms with Crippen LogP contribution in [0.4, 0.5) is 0 Å². The highest BCUT2D eigenvalue weighted by atomic mass is 16.5. The minimum atomic E-state index is 0.768. The summed E-state index contributed by atoms with van der Waals surface area (Å²) in [5.74, 6) is 1.15. The summed E-state index contributed by atoms with van der Waals surface area (Å²) in [6, 6.07) is 0.